The van der Waals surface area contributed by atoms with Crippen LogP contribution in [0.3, 0.4) is 0 Å². The second kappa shape index (κ2) is 5.35. The van der Waals surface area contributed by atoms with Crippen molar-refractivity contribution >= 4 is 12.1 Å². The van der Waals surface area contributed by atoms with Crippen LogP contribution in [0.4, 0.5) is 4.79 Å². The number of hydrogen-bond donors (Lipinski definition) is 0. The Bertz CT molecular complexity index is 183. The highest BCUT2D eigenvalue weighted by molar-refractivity contribution is 5.89. The lowest BCUT2D eigenvalue weighted by Gasteiger charge is -2.04. The summed E-state index contributed by atoms with van der Waals surface area (Å²) in [5, 5.41) is 0. The molecule has 12 heavy (non-hydrogen) atoms. The molecule has 0 heterocycles. The molecule has 0 spiro atoms. The lowest BCUT2D eigenvalue weighted by molar-refractivity contribution is -0.134. The van der Waals surface area contributed by atoms with Gasteiger partial charge in [0, 0.05) is 6.08 Å². The first-order valence-corrected chi connectivity index (χ1v) is 3.57. The molecule has 0 bridgehead atoms. The van der Waals surface area contributed by atoms with E-state index in [1.165, 1.54) is 0 Å². The second-order valence-corrected chi connectivity index (χ2v) is 2.58. The lowest BCUT2D eigenvalue weighted by Crippen LogP contribution is -2.14. The number of carbonyl (C=O) groups is 2. The molecule has 0 aliphatic rings. The van der Waals surface area contributed by atoms with E-state index in [1.54, 1.807) is 0 Å². The summed E-state index contributed by atoms with van der Waals surface area (Å²) in [6.07, 6.45) is -0.0787. The fourth-order valence-corrected chi connectivity index (χ4v) is 0.388. The molecule has 0 radical (unpaired) electrons. The zero-order valence-electron chi connectivity index (χ0n) is 7.20. The van der Waals surface area contributed by atoms with E-state index in [2.05, 4.69) is 16.1 Å². The molecule has 0 aliphatic heterocycles. The summed E-state index contributed by atoms with van der Waals surface area (Å²) in [4.78, 5) is 21.0. The molecule has 4 nitrogen and oxygen atoms in total. The van der Waals surface area contributed by atoms with Crippen molar-refractivity contribution in [1.82, 2.24) is 0 Å². The number of hydrogen-bond acceptors (Lipinski definition) is 4. The zero-order chi connectivity index (χ0) is 9.56. The maximum atomic E-state index is 10.6. The first-order valence-electron chi connectivity index (χ1n) is 3.57. The molecular formula is C8H12O4. The lowest BCUT2D eigenvalue weighted by atomic mass is 10.2. The maximum Gasteiger partial charge on any atom is 0.516 e. The van der Waals surface area contributed by atoms with Gasteiger partial charge < -0.3 is 9.47 Å². The summed E-state index contributed by atoms with van der Waals surface area (Å²) in [5.41, 5.74) is 0. The van der Waals surface area contributed by atoms with Crippen LogP contribution in [0.2, 0.25) is 0 Å². The molecule has 0 unspecified atom stereocenters. The van der Waals surface area contributed by atoms with E-state index < -0.39 is 12.1 Å². The average molecular weight is 172 g/mol. The molecule has 0 saturated carbocycles. The molecule has 0 aromatic carbocycles. The van der Waals surface area contributed by atoms with Crippen LogP contribution >= 0.6 is 0 Å². The Morgan fingerprint density at radius 3 is 2.50 bits per heavy atom. The number of esters is 1. The van der Waals surface area contributed by atoms with Crippen molar-refractivity contribution < 1.29 is 19.1 Å². The molecule has 0 aliphatic carbocycles. The Morgan fingerprint density at radius 1 is 1.50 bits per heavy atom. The van der Waals surface area contributed by atoms with Crippen LogP contribution in [0.25, 0.3) is 0 Å². The fourth-order valence-electron chi connectivity index (χ4n) is 0.388. The minimum absolute atomic E-state index is 0.219. The average Bonchev–Trinajstić information content (AvgIpc) is 2.00. The van der Waals surface area contributed by atoms with Gasteiger partial charge in [0.05, 0.1) is 6.61 Å². The molecule has 0 rings (SSSR count). The highest BCUT2D eigenvalue weighted by Crippen LogP contribution is 1.95. The van der Waals surface area contributed by atoms with Gasteiger partial charge in [0.15, 0.2) is 0 Å². The van der Waals surface area contributed by atoms with Crippen LogP contribution in [0.5, 0.6) is 0 Å². The van der Waals surface area contributed by atoms with Gasteiger partial charge in [0.1, 0.15) is 0 Å². The Labute approximate surface area is 71.2 Å². The van der Waals surface area contributed by atoms with Gasteiger partial charge in [-0.1, -0.05) is 20.4 Å². The van der Waals surface area contributed by atoms with Crippen molar-refractivity contribution in [2.45, 2.75) is 13.8 Å². The largest absolute Gasteiger partial charge is 0.516 e. The molecule has 0 aromatic heterocycles. The van der Waals surface area contributed by atoms with E-state index in [-0.39, 0.29) is 12.5 Å². The molecule has 0 fully saturated rings. The number of ether oxygens (including phenoxy) is 2. The minimum atomic E-state index is -0.978. The fraction of sp³-hybridized carbons (Fsp3) is 0.500. The van der Waals surface area contributed by atoms with Gasteiger partial charge in [0.25, 0.3) is 0 Å². The molecule has 0 amide bonds. The molecule has 0 atom stereocenters. The highest BCUT2D eigenvalue weighted by Gasteiger charge is 2.08. The predicted octanol–water partition coefficient (Wildman–Crippen LogP) is 1.51. The summed E-state index contributed by atoms with van der Waals surface area (Å²) in [5.74, 6) is -0.583. The van der Waals surface area contributed by atoms with Crippen LogP contribution in [0, 0.1) is 5.92 Å². The van der Waals surface area contributed by atoms with Crippen LogP contribution < -0.4 is 0 Å². The van der Waals surface area contributed by atoms with Gasteiger partial charge in [-0.3, -0.25) is 0 Å². The van der Waals surface area contributed by atoms with Crippen LogP contribution in [-0.4, -0.2) is 18.7 Å². The summed E-state index contributed by atoms with van der Waals surface area (Å²) in [6.45, 7) is 7.12. The van der Waals surface area contributed by atoms with Gasteiger partial charge in [-0.15, -0.1) is 0 Å². The first-order chi connectivity index (χ1) is 5.56. The van der Waals surface area contributed by atoms with Crippen molar-refractivity contribution in [3.05, 3.63) is 12.7 Å². The highest BCUT2D eigenvalue weighted by atomic mass is 16.7. The van der Waals surface area contributed by atoms with E-state index >= 15 is 0 Å². The maximum absolute atomic E-state index is 10.6. The third-order valence-electron chi connectivity index (χ3n) is 0.885. The van der Waals surface area contributed by atoms with Gasteiger partial charge in [-0.25, -0.2) is 9.59 Å². The third-order valence-corrected chi connectivity index (χ3v) is 0.885. The molecule has 0 aromatic rings. The van der Waals surface area contributed by atoms with Crippen LogP contribution in [0.1, 0.15) is 13.8 Å². The number of carbonyl (C=O) groups excluding carboxylic acids is 2. The predicted molar refractivity (Wildman–Crippen MR) is 42.5 cm³/mol. The Kier molecular flexibility index (Phi) is 4.76. The number of rotatable bonds is 3. The second-order valence-electron chi connectivity index (χ2n) is 2.58. The van der Waals surface area contributed by atoms with E-state index in [0.717, 1.165) is 6.08 Å². The molecule has 68 valence electrons. The van der Waals surface area contributed by atoms with Crippen molar-refractivity contribution in [2.75, 3.05) is 6.61 Å². The van der Waals surface area contributed by atoms with E-state index in [9.17, 15) is 9.59 Å². The van der Waals surface area contributed by atoms with E-state index in [1.807, 2.05) is 13.8 Å². The van der Waals surface area contributed by atoms with Gasteiger partial charge in [0.2, 0.25) is 0 Å². The Balaban J connectivity index is 3.60. The van der Waals surface area contributed by atoms with Gasteiger partial charge >= 0.3 is 12.1 Å². The quantitative estimate of drug-likeness (QED) is 0.368. The monoisotopic (exact) mass is 172 g/mol. The molecule has 0 saturated heterocycles. The molecule has 0 N–H and O–H groups in total. The first kappa shape index (κ1) is 10.7. The third kappa shape index (κ3) is 5.46. The summed E-state index contributed by atoms with van der Waals surface area (Å²) < 4.78 is 8.68. The van der Waals surface area contributed by atoms with Crippen LogP contribution in [-0.2, 0) is 14.3 Å². The SMILES string of the molecule is C=CC(=O)OC(=O)OCC(C)C. The van der Waals surface area contributed by atoms with Crippen LogP contribution in [0.15, 0.2) is 12.7 Å². The van der Waals surface area contributed by atoms with E-state index in [4.69, 9.17) is 0 Å². The van der Waals surface area contributed by atoms with Crippen molar-refractivity contribution in [3.63, 3.8) is 0 Å². The Hall–Kier alpha value is -1.32. The molecular weight excluding hydrogens is 160 g/mol. The van der Waals surface area contributed by atoms with Gasteiger partial charge in [-0.05, 0) is 5.92 Å². The normalized spacial score (nSPS) is 9.25. The van der Waals surface area contributed by atoms with Crippen molar-refractivity contribution in [3.8, 4) is 0 Å². The van der Waals surface area contributed by atoms with E-state index in [0.29, 0.717) is 0 Å². The topological polar surface area (TPSA) is 52.6 Å². The standard InChI is InChI=1S/C8H12O4/c1-4-7(9)12-8(10)11-5-6(2)3/h4,6H,1,5H2,2-3H3. The zero-order valence-corrected chi connectivity index (χ0v) is 7.20. The van der Waals surface area contributed by atoms with Gasteiger partial charge in [-0.2, -0.15) is 0 Å². The van der Waals surface area contributed by atoms with Crippen molar-refractivity contribution in [2.24, 2.45) is 5.92 Å². The molecule has 4 heteroatoms. The van der Waals surface area contributed by atoms with Crippen molar-refractivity contribution in [1.29, 1.82) is 0 Å². The smallest absolute Gasteiger partial charge is 0.434 e. The minimum Gasteiger partial charge on any atom is -0.434 e. The summed E-state index contributed by atoms with van der Waals surface area (Å²) in [6, 6.07) is 0. The summed E-state index contributed by atoms with van der Waals surface area (Å²) in [7, 11) is 0. The summed E-state index contributed by atoms with van der Waals surface area (Å²) >= 11 is 0. The Morgan fingerprint density at radius 2 is 2.08 bits per heavy atom.